The molecule has 0 aliphatic rings. The third-order valence-corrected chi connectivity index (χ3v) is 4.00. The summed E-state index contributed by atoms with van der Waals surface area (Å²) in [6.45, 7) is 6.11. The molecule has 0 rings (SSSR count). The first-order valence-electron chi connectivity index (χ1n) is 5.06. The van der Waals surface area contributed by atoms with E-state index in [4.69, 9.17) is 9.05 Å². The minimum Gasteiger partial charge on any atom is -0.308 e. The quantitative estimate of drug-likeness (QED) is 0.386. The Labute approximate surface area is 92.0 Å². The van der Waals surface area contributed by atoms with Crippen molar-refractivity contribution in [2.45, 2.75) is 26.4 Å². The van der Waals surface area contributed by atoms with Crippen LogP contribution in [0.2, 0.25) is 0 Å². The zero-order chi connectivity index (χ0) is 11.9. The molecule has 6 heteroatoms. The maximum absolute atomic E-state index is 12.2. The Bertz CT molecular complexity index is 234. The SMILES string of the molecule is CCOP(=O)(OCC)C(C)/C=N/N(C)C. The summed E-state index contributed by atoms with van der Waals surface area (Å²) in [4.78, 5) is 0. The van der Waals surface area contributed by atoms with Gasteiger partial charge in [-0.05, 0) is 20.8 Å². The van der Waals surface area contributed by atoms with E-state index >= 15 is 0 Å². The van der Waals surface area contributed by atoms with Crippen molar-refractivity contribution in [2.24, 2.45) is 5.10 Å². The normalized spacial score (nSPS) is 14.5. The Morgan fingerprint density at radius 3 is 2.13 bits per heavy atom. The molecule has 1 atom stereocenters. The molecule has 0 N–H and O–H groups in total. The van der Waals surface area contributed by atoms with Crippen LogP contribution in [0.15, 0.2) is 5.10 Å². The molecule has 0 aliphatic carbocycles. The summed E-state index contributed by atoms with van der Waals surface area (Å²) in [6.07, 6.45) is 1.59. The lowest BCUT2D eigenvalue weighted by molar-refractivity contribution is 0.218. The molecule has 0 heterocycles. The second-order valence-electron chi connectivity index (χ2n) is 3.23. The Hall–Kier alpha value is -0.380. The van der Waals surface area contributed by atoms with Gasteiger partial charge in [-0.2, -0.15) is 5.10 Å². The largest absolute Gasteiger partial charge is 0.338 e. The molecule has 0 saturated heterocycles. The third-order valence-electron chi connectivity index (χ3n) is 1.63. The average molecular weight is 236 g/mol. The van der Waals surface area contributed by atoms with E-state index in [1.807, 2.05) is 0 Å². The van der Waals surface area contributed by atoms with Gasteiger partial charge >= 0.3 is 7.60 Å². The van der Waals surface area contributed by atoms with Crippen molar-refractivity contribution in [1.29, 1.82) is 0 Å². The van der Waals surface area contributed by atoms with Crippen LogP contribution in [0, 0.1) is 0 Å². The van der Waals surface area contributed by atoms with Gasteiger partial charge in [0.1, 0.15) is 0 Å². The van der Waals surface area contributed by atoms with Crippen LogP contribution >= 0.6 is 7.60 Å². The molecular formula is C9H21N2O3P. The molecule has 0 fully saturated rings. The Morgan fingerprint density at radius 1 is 1.33 bits per heavy atom. The topological polar surface area (TPSA) is 51.1 Å². The number of hydrogen-bond donors (Lipinski definition) is 0. The van der Waals surface area contributed by atoms with Crippen molar-refractivity contribution >= 4 is 13.8 Å². The molecule has 0 spiro atoms. The molecule has 90 valence electrons. The summed E-state index contributed by atoms with van der Waals surface area (Å²) < 4.78 is 22.5. The first-order chi connectivity index (χ1) is 6.96. The summed E-state index contributed by atoms with van der Waals surface area (Å²) in [5.41, 5.74) is -0.334. The molecule has 0 bridgehead atoms. The number of rotatable bonds is 7. The van der Waals surface area contributed by atoms with E-state index in [0.29, 0.717) is 13.2 Å². The number of nitrogens with zero attached hydrogens (tertiary/aromatic N) is 2. The Kier molecular flexibility index (Phi) is 6.81. The highest BCUT2D eigenvalue weighted by atomic mass is 31.2. The van der Waals surface area contributed by atoms with Gasteiger partial charge in [-0.25, -0.2) is 0 Å². The van der Waals surface area contributed by atoms with Crippen LogP contribution in [-0.2, 0) is 13.6 Å². The predicted molar refractivity (Wildman–Crippen MR) is 62.5 cm³/mol. The standard InChI is InChI=1S/C9H21N2O3P/c1-6-13-15(12,14-7-2)9(3)8-10-11(4)5/h8-9H,6-7H2,1-5H3/b10-8+. The van der Waals surface area contributed by atoms with Crippen molar-refractivity contribution in [3.05, 3.63) is 0 Å². The second-order valence-corrected chi connectivity index (χ2v) is 5.64. The van der Waals surface area contributed by atoms with Crippen LogP contribution in [0.5, 0.6) is 0 Å². The van der Waals surface area contributed by atoms with E-state index in [0.717, 1.165) is 0 Å². The van der Waals surface area contributed by atoms with E-state index in [2.05, 4.69) is 5.10 Å². The molecule has 0 aliphatic heterocycles. The van der Waals surface area contributed by atoms with Crippen molar-refractivity contribution in [1.82, 2.24) is 5.01 Å². The summed E-state index contributed by atoms with van der Waals surface area (Å²) >= 11 is 0. The molecule has 0 radical (unpaired) electrons. The van der Waals surface area contributed by atoms with Crippen LogP contribution < -0.4 is 0 Å². The van der Waals surface area contributed by atoms with Gasteiger partial charge in [0.25, 0.3) is 0 Å². The molecule has 0 aromatic heterocycles. The highest BCUT2D eigenvalue weighted by Crippen LogP contribution is 2.52. The highest BCUT2D eigenvalue weighted by molar-refractivity contribution is 7.55. The van der Waals surface area contributed by atoms with Crippen LogP contribution in [0.3, 0.4) is 0 Å². The lowest BCUT2D eigenvalue weighted by Gasteiger charge is -2.20. The van der Waals surface area contributed by atoms with Crippen molar-refractivity contribution in [2.75, 3.05) is 27.3 Å². The minimum absolute atomic E-state index is 0.334. The summed E-state index contributed by atoms with van der Waals surface area (Å²) in [5, 5.41) is 5.67. The predicted octanol–water partition coefficient (Wildman–Crippen LogP) is 2.19. The lowest BCUT2D eigenvalue weighted by atomic mass is 10.5. The lowest BCUT2D eigenvalue weighted by Crippen LogP contribution is -2.13. The Balaban J connectivity index is 4.54. The number of hydrazone groups is 1. The fourth-order valence-corrected chi connectivity index (χ4v) is 2.43. The van der Waals surface area contributed by atoms with E-state index in [1.54, 1.807) is 46.1 Å². The van der Waals surface area contributed by atoms with Gasteiger partial charge in [0.05, 0.1) is 18.9 Å². The zero-order valence-electron chi connectivity index (χ0n) is 10.1. The average Bonchev–Trinajstić information content (AvgIpc) is 2.14. The van der Waals surface area contributed by atoms with Crippen LogP contribution in [0.25, 0.3) is 0 Å². The summed E-state index contributed by atoms with van der Waals surface area (Å²) in [7, 11) is 0.560. The van der Waals surface area contributed by atoms with E-state index < -0.39 is 7.60 Å². The van der Waals surface area contributed by atoms with Gasteiger partial charge in [-0.3, -0.25) is 4.57 Å². The fraction of sp³-hybridized carbons (Fsp3) is 0.889. The van der Waals surface area contributed by atoms with Crippen LogP contribution in [-0.4, -0.2) is 44.2 Å². The first-order valence-corrected chi connectivity index (χ1v) is 6.67. The van der Waals surface area contributed by atoms with Crippen LogP contribution in [0.4, 0.5) is 0 Å². The zero-order valence-corrected chi connectivity index (χ0v) is 11.0. The number of hydrogen-bond acceptors (Lipinski definition) is 5. The summed E-state index contributed by atoms with van der Waals surface area (Å²) in [5.74, 6) is 0. The van der Waals surface area contributed by atoms with Crippen LogP contribution in [0.1, 0.15) is 20.8 Å². The van der Waals surface area contributed by atoms with Gasteiger partial charge in [0.2, 0.25) is 0 Å². The molecule has 0 aromatic rings. The highest BCUT2D eigenvalue weighted by Gasteiger charge is 2.30. The second kappa shape index (κ2) is 6.99. The van der Waals surface area contributed by atoms with Crippen molar-refractivity contribution in [3.63, 3.8) is 0 Å². The molecule has 0 amide bonds. The third kappa shape index (κ3) is 5.30. The van der Waals surface area contributed by atoms with Gasteiger partial charge in [0.15, 0.2) is 0 Å². The van der Waals surface area contributed by atoms with E-state index in [-0.39, 0.29) is 5.66 Å². The van der Waals surface area contributed by atoms with Crippen molar-refractivity contribution < 1.29 is 13.6 Å². The van der Waals surface area contributed by atoms with Gasteiger partial charge in [-0.1, -0.05) is 0 Å². The minimum atomic E-state index is -3.04. The molecule has 0 aromatic carbocycles. The summed E-state index contributed by atoms with van der Waals surface area (Å²) in [6, 6.07) is 0. The maximum atomic E-state index is 12.2. The maximum Gasteiger partial charge on any atom is 0.338 e. The van der Waals surface area contributed by atoms with Crippen molar-refractivity contribution in [3.8, 4) is 0 Å². The molecule has 1 unspecified atom stereocenters. The molecular weight excluding hydrogens is 215 g/mol. The smallest absolute Gasteiger partial charge is 0.308 e. The van der Waals surface area contributed by atoms with E-state index in [9.17, 15) is 4.57 Å². The van der Waals surface area contributed by atoms with Gasteiger partial charge in [-0.15, -0.1) is 0 Å². The first kappa shape index (κ1) is 14.6. The molecule has 5 nitrogen and oxygen atoms in total. The Morgan fingerprint density at radius 2 is 1.80 bits per heavy atom. The molecule has 0 saturated carbocycles. The van der Waals surface area contributed by atoms with Gasteiger partial charge < -0.3 is 14.1 Å². The van der Waals surface area contributed by atoms with E-state index in [1.165, 1.54) is 0 Å². The monoisotopic (exact) mass is 236 g/mol. The molecule has 15 heavy (non-hydrogen) atoms. The fourth-order valence-electron chi connectivity index (χ4n) is 0.944. The van der Waals surface area contributed by atoms with Gasteiger partial charge in [0, 0.05) is 20.3 Å².